The van der Waals surface area contributed by atoms with Crippen molar-refractivity contribution in [2.45, 2.75) is 5.85 Å². The zero-order valence-electron chi connectivity index (χ0n) is 9.24. The van der Waals surface area contributed by atoms with Gasteiger partial charge < -0.3 is 14.2 Å². The first-order valence-corrected chi connectivity index (χ1v) is 6.36. The minimum Gasteiger partial charge on any atom is -0.377 e. The van der Waals surface area contributed by atoms with Crippen LogP contribution >= 0.6 is 7.60 Å². The van der Waals surface area contributed by atoms with Crippen molar-refractivity contribution in [3.8, 4) is 0 Å². The van der Waals surface area contributed by atoms with Crippen molar-refractivity contribution >= 4 is 13.7 Å². The van der Waals surface area contributed by atoms with Crippen LogP contribution in [0.3, 0.4) is 0 Å². The summed E-state index contributed by atoms with van der Waals surface area (Å²) >= 11 is 0. The number of hydrogen-bond donors (Lipinski definition) is 1. The number of aliphatic hydroxyl groups is 1. The lowest BCUT2D eigenvalue weighted by atomic mass is 10.2. The number of aliphatic hydroxyl groups excluding tert-OH is 1. The largest absolute Gasteiger partial charge is 0.377 e. The minimum atomic E-state index is -3.44. The van der Waals surface area contributed by atoms with Crippen molar-refractivity contribution in [2.24, 2.45) is 0 Å². The Morgan fingerprint density at radius 2 is 1.81 bits per heavy atom. The molecule has 0 heterocycles. The van der Waals surface area contributed by atoms with Crippen LogP contribution < -0.4 is 0 Å². The van der Waals surface area contributed by atoms with Crippen LogP contribution in [0.15, 0.2) is 36.4 Å². The summed E-state index contributed by atoms with van der Waals surface area (Å²) in [5.41, 5.74) is 0.903. The van der Waals surface area contributed by atoms with Gasteiger partial charge in [-0.05, 0) is 11.6 Å². The molecule has 0 radical (unpaired) electrons. The predicted octanol–water partition coefficient (Wildman–Crippen LogP) is 2.50. The molecule has 88 valence electrons. The zero-order valence-corrected chi connectivity index (χ0v) is 10.1. The smallest absolute Gasteiger partial charge is 0.362 e. The number of benzene rings is 1. The lowest BCUT2D eigenvalue weighted by Gasteiger charge is -2.16. The summed E-state index contributed by atoms with van der Waals surface area (Å²) in [6.07, 6.45) is 3.05. The number of hydrogen-bond acceptors (Lipinski definition) is 4. The van der Waals surface area contributed by atoms with Gasteiger partial charge in [0, 0.05) is 14.2 Å². The Labute approximate surface area is 95.1 Å². The van der Waals surface area contributed by atoms with E-state index in [1.807, 2.05) is 30.3 Å². The summed E-state index contributed by atoms with van der Waals surface area (Å²) in [5.74, 6) is -1.26. The Bertz CT molecular complexity index is 380. The average Bonchev–Trinajstić information content (AvgIpc) is 2.36. The zero-order chi connectivity index (χ0) is 12.0. The molecule has 0 saturated heterocycles. The van der Waals surface area contributed by atoms with Crippen LogP contribution in [0.2, 0.25) is 0 Å². The third-order valence-electron chi connectivity index (χ3n) is 2.09. The molecule has 0 aromatic heterocycles. The van der Waals surface area contributed by atoms with Crippen LogP contribution in [0.4, 0.5) is 0 Å². The maximum Gasteiger partial charge on any atom is 0.362 e. The second-order valence-corrected chi connectivity index (χ2v) is 5.43. The summed E-state index contributed by atoms with van der Waals surface area (Å²) < 4.78 is 21.1. The Hall–Kier alpha value is -0.930. The molecule has 0 spiro atoms. The van der Waals surface area contributed by atoms with E-state index in [9.17, 15) is 9.67 Å². The third kappa shape index (κ3) is 3.29. The van der Waals surface area contributed by atoms with Crippen LogP contribution in [0, 0.1) is 0 Å². The summed E-state index contributed by atoms with van der Waals surface area (Å²) in [5, 5.41) is 9.63. The van der Waals surface area contributed by atoms with Gasteiger partial charge in [0.2, 0.25) is 0 Å². The maximum atomic E-state index is 11.7. The van der Waals surface area contributed by atoms with E-state index in [2.05, 4.69) is 9.05 Å². The van der Waals surface area contributed by atoms with Crippen LogP contribution in [0.5, 0.6) is 0 Å². The molecule has 0 bridgehead atoms. The summed E-state index contributed by atoms with van der Waals surface area (Å²) in [6.45, 7) is 0. The molecular formula is C11H15O4P. The van der Waals surface area contributed by atoms with Gasteiger partial charge in [-0.25, -0.2) is 0 Å². The highest BCUT2D eigenvalue weighted by Gasteiger charge is 2.29. The lowest BCUT2D eigenvalue weighted by Crippen LogP contribution is -2.06. The van der Waals surface area contributed by atoms with Gasteiger partial charge in [-0.3, -0.25) is 4.57 Å². The van der Waals surface area contributed by atoms with E-state index >= 15 is 0 Å². The monoisotopic (exact) mass is 242 g/mol. The van der Waals surface area contributed by atoms with Crippen molar-refractivity contribution in [2.75, 3.05) is 14.2 Å². The van der Waals surface area contributed by atoms with Crippen molar-refractivity contribution in [1.29, 1.82) is 0 Å². The van der Waals surface area contributed by atoms with Crippen molar-refractivity contribution in [1.82, 2.24) is 0 Å². The summed E-state index contributed by atoms with van der Waals surface area (Å²) in [6, 6.07) is 9.38. The molecule has 0 fully saturated rings. The number of rotatable bonds is 5. The highest BCUT2D eigenvalue weighted by molar-refractivity contribution is 7.54. The molecular weight excluding hydrogens is 227 g/mol. The normalized spacial score (nSPS) is 14.2. The predicted molar refractivity (Wildman–Crippen MR) is 63.1 cm³/mol. The topological polar surface area (TPSA) is 55.8 Å². The van der Waals surface area contributed by atoms with Gasteiger partial charge in [-0.1, -0.05) is 36.4 Å². The van der Waals surface area contributed by atoms with Crippen LogP contribution in [0.1, 0.15) is 5.56 Å². The van der Waals surface area contributed by atoms with E-state index < -0.39 is 13.4 Å². The lowest BCUT2D eigenvalue weighted by molar-refractivity contribution is 0.201. The van der Waals surface area contributed by atoms with E-state index in [1.54, 1.807) is 6.08 Å². The molecule has 4 nitrogen and oxygen atoms in total. The quantitative estimate of drug-likeness (QED) is 0.806. The van der Waals surface area contributed by atoms with Gasteiger partial charge in [-0.15, -0.1) is 0 Å². The Morgan fingerprint density at radius 1 is 1.25 bits per heavy atom. The van der Waals surface area contributed by atoms with E-state index in [0.717, 1.165) is 5.56 Å². The molecule has 1 rings (SSSR count). The third-order valence-corrected chi connectivity index (χ3v) is 3.93. The molecule has 1 aromatic carbocycles. The van der Waals surface area contributed by atoms with Crippen LogP contribution in [0.25, 0.3) is 6.08 Å². The molecule has 0 aliphatic carbocycles. The fourth-order valence-electron chi connectivity index (χ4n) is 1.16. The molecule has 1 N–H and O–H groups in total. The van der Waals surface area contributed by atoms with E-state index in [0.29, 0.717) is 0 Å². The van der Waals surface area contributed by atoms with Gasteiger partial charge in [0.1, 0.15) is 0 Å². The molecule has 0 saturated carbocycles. The molecule has 16 heavy (non-hydrogen) atoms. The van der Waals surface area contributed by atoms with Crippen LogP contribution in [-0.2, 0) is 13.6 Å². The first kappa shape index (κ1) is 13.1. The van der Waals surface area contributed by atoms with E-state index in [1.165, 1.54) is 20.3 Å². The van der Waals surface area contributed by atoms with Gasteiger partial charge >= 0.3 is 7.60 Å². The first-order valence-electron chi connectivity index (χ1n) is 4.75. The van der Waals surface area contributed by atoms with Gasteiger partial charge in [0.05, 0.1) is 0 Å². The minimum absolute atomic E-state index is 0.903. The molecule has 1 aromatic rings. The van der Waals surface area contributed by atoms with E-state index in [4.69, 9.17) is 0 Å². The molecule has 0 unspecified atom stereocenters. The second-order valence-electron chi connectivity index (χ2n) is 3.09. The SMILES string of the molecule is COP(=O)(OC)[C@H](O)/C=C/c1ccccc1. The molecule has 0 aliphatic heterocycles. The molecule has 0 amide bonds. The molecule has 5 heteroatoms. The van der Waals surface area contributed by atoms with Crippen molar-refractivity contribution < 1.29 is 18.7 Å². The first-order chi connectivity index (χ1) is 7.62. The second kappa shape index (κ2) is 5.97. The average molecular weight is 242 g/mol. The maximum absolute atomic E-state index is 11.7. The van der Waals surface area contributed by atoms with Crippen molar-refractivity contribution in [3.63, 3.8) is 0 Å². The summed E-state index contributed by atoms with van der Waals surface area (Å²) in [7, 11) is -0.961. The van der Waals surface area contributed by atoms with Gasteiger partial charge in [0.25, 0.3) is 0 Å². The Morgan fingerprint density at radius 3 is 2.31 bits per heavy atom. The fraction of sp³-hybridized carbons (Fsp3) is 0.273. The molecule has 1 atom stereocenters. The highest BCUT2D eigenvalue weighted by atomic mass is 31.2. The highest BCUT2D eigenvalue weighted by Crippen LogP contribution is 2.50. The van der Waals surface area contributed by atoms with Gasteiger partial charge in [0.15, 0.2) is 5.85 Å². The standard InChI is InChI=1S/C11H15O4P/c1-14-16(13,15-2)11(12)9-8-10-6-4-3-5-7-10/h3-9,11-12H,1-2H3/b9-8+/t11-/m0/s1. The summed E-state index contributed by atoms with van der Waals surface area (Å²) in [4.78, 5) is 0. The van der Waals surface area contributed by atoms with Gasteiger partial charge in [-0.2, -0.15) is 0 Å². The van der Waals surface area contributed by atoms with Crippen molar-refractivity contribution in [3.05, 3.63) is 42.0 Å². The van der Waals surface area contributed by atoms with Crippen LogP contribution in [-0.4, -0.2) is 25.2 Å². The Kier molecular flexibility index (Phi) is 4.90. The fourth-order valence-corrected chi connectivity index (χ4v) is 2.04. The molecule has 0 aliphatic rings. The van der Waals surface area contributed by atoms with E-state index in [-0.39, 0.29) is 0 Å². The Balaban J connectivity index is 2.75.